The summed E-state index contributed by atoms with van der Waals surface area (Å²) in [6, 6.07) is 8.70. The molecular formula is C18H27NO. The van der Waals surface area contributed by atoms with Gasteiger partial charge in [0.05, 0.1) is 12.6 Å². The standard InChI is InChI=1S/C18H27NO/c1-3-20-17-14-10-9-13-16(17)18(19-2)15-11-7-5-4-6-8-12-15/h9-11,13-14,18-19H,3-8,12H2,1-2H3/b15-11+. The third-order valence-corrected chi connectivity index (χ3v) is 4.02. The highest BCUT2D eigenvalue weighted by atomic mass is 16.5. The van der Waals surface area contributed by atoms with Crippen molar-refractivity contribution in [2.24, 2.45) is 0 Å². The molecule has 0 aromatic heterocycles. The molecular weight excluding hydrogens is 246 g/mol. The highest BCUT2D eigenvalue weighted by Gasteiger charge is 2.18. The predicted octanol–water partition coefficient (Wildman–Crippen LogP) is 4.63. The number of ether oxygens (including phenoxy) is 1. The molecule has 0 spiro atoms. The molecule has 0 bridgehead atoms. The van der Waals surface area contributed by atoms with Crippen LogP contribution in [-0.2, 0) is 0 Å². The summed E-state index contributed by atoms with van der Waals surface area (Å²) >= 11 is 0. The van der Waals surface area contributed by atoms with E-state index >= 15 is 0 Å². The maximum atomic E-state index is 5.80. The molecule has 1 aliphatic rings. The highest BCUT2D eigenvalue weighted by Crippen LogP contribution is 2.33. The molecule has 110 valence electrons. The second-order valence-corrected chi connectivity index (χ2v) is 5.42. The number of para-hydroxylation sites is 1. The van der Waals surface area contributed by atoms with Crippen molar-refractivity contribution in [1.29, 1.82) is 0 Å². The minimum atomic E-state index is 0.288. The van der Waals surface area contributed by atoms with Crippen molar-refractivity contribution in [3.63, 3.8) is 0 Å². The molecule has 1 atom stereocenters. The summed E-state index contributed by atoms with van der Waals surface area (Å²) in [7, 11) is 2.05. The molecule has 2 rings (SSSR count). The molecule has 0 fully saturated rings. The average molecular weight is 273 g/mol. The van der Waals surface area contributed by atoms with E-state index in [4.69, 9.17) is 4.74 Å². The fraction of sp³-hybridized carbons (Fsp3) is 0.556. The highest BCUT2D eigenvalue weighted by molar-refractivity contribution is 5.40. The summed E-state index contributed by atoms with van der Waals surface area (Å²) in [6.07, 6.45) is 10.2. The first-order chi connectivity index (χ1) is 9.86. The maximum Gasteiger partial charge on any atom is 0.124 e. The largest absolute Gasteiger partial charge is 0.494 e. The summed E-state index contributed by atoms with van der Waals surface area (Å²) in [5, 5.41) is 3.49. The quantitative estimate of drug-likeness (QED) is 0.790. The lowest BCUT2D eigenvalue weighted by atomic mass is 9.90. The number of hydrogen-bond acceptors (Lipinski definition) is 2. The SMILES string of the molecule is CCOc1ccccc1C(NC)/C1=C/CCCCCC1. The first-order valence-electron chi connectivity index (χ1n) is 7.94. The minimum Gasteiger partial charge on any atom is -0.494 e. The van der Waals surface area contributed by atoms with Gasteiger partial charge < -0.3 is 10.1 Å². The lowest BCUT2D eigenvalue weighted by Gasteiger charge is -2.24. The van der Waals surface area contributed by atoms with Crippen LogP contribution in [0, 0.1) is 0 Å². The van der Waals surface area contributed by atoms with E-state index in [2.05, 4.69) is 29.6 Å². The van der Waals surface area contributed by atoms with Crippen LogP contribution in [0.15, 0.2) is 35.9 Å². The van der Waals surface area contributed by atoms with Crippen LogP contribution in [-0.4, -0.2) is 13.7 Å². The monoisotopic (exact) mass is 273 g/mol. The van der Waals surface area contributed by atoms with Gasteiger partial charge >= 0.3 is 0 Å². The third kappa shape index (κ3) is 3.86. The van der Waals surface area contributed by atoms with Gasteiger partial charge in [0.15, 0.2) is 0 Å². The van der Waals surface area contributed by atoms with Crippen molar-refractivity contribution >= 4 is 0 Å². The van der Waals surface area contributed by atoms with Gasteiger partial charge in [-0.25, -0.2) is 0 Å². The van der Waals surface area contributed by atoms with Gasteiger partial charge in [0.1, 0.15) is 5.75 Å². The zero-order valence-corrected chi connectivity index (χ0v) is 12.8. The molecule has 0 saturated heterocycles. The van der Waals surface area contributed by atoms with E-state index in [1.54, 1.807) is 0 Å². The van der Waals surface area contributed by atoms with E-state index in [1.807, 2.05) is 20.0 Å². The van der Waals surface area contributed by atoms with E-state index < -0.39 is 0 Å². The van der Waals surface area contributed by atoms with Gasteiger partial charge in [0.25, 0.3) is 0 Å². The second kappa shape index (κ2) is 8.11. The number of benzene rings is 1. The number of rotatable bonds is 5. The molecule has 0 aliphatic heterocycles. The molecule has 0 heterocycles. The van der Waals surface area contributed by atoms with E-state index in [-0.39, 0.29) is 6.04 Å². The topological polar surface area (TPSA) is 21.3 Å². The Hall–Kier alpha value is -1.28. The van der Waals surface area contributed by atoms with Gasteiger partial charge in [-0.1, -0.05) is 42.7 Å². The van der Waals surface area contributed by atoms with Crippen LogP contribution in [0.1, 0.15) is 57.1 Å². The van der Waals surface area contributed by atoms with E-state index in [9.17, 15) is 0 Å². The van der Waals surface area contributed by atoms with Crippen LogP contribution in [0.3, 0.4) is 0 Å². The normalized spacial score (nSPS) is 20.4. The number of likely N-dealkylation sites (N-methyl/N-ethyl adjacent to an activating group) is 1. The summed E-state index contributed by atoms with van der Waals surface area (Å²) in [6.45, 7) is 2.76. The Morgan fingerprint density at radius 3 is 2.75 bits per heavy atom. The number of hydrogen-bond donors (Lipinski definition) is 1. The van der Waals surface area contributed by atoms with Crippen molar-refractivity contribution < 1.29 is 4.74 Å². The van der Waals surface area contributed by atoms with Crippen LogP contribution in [0.4, 0.5) is 0 Å². The number of nitrogens with one attached hydrogen (secondary N) is 1. The molecule has 1 aromatic rings. The molecule has 1 unspecified atom stereocenters. The molecule has 1 aliphatic carbocycles. The fourth-order valence-corrected chi connectivity index (χ4v) is 3.03. The van der Waals surface area contributed by atoms with E-state index in [0.717, 1.165) is 5.75 Å². The smallest absolute Gasteiger partial charge is 0.124 e. The minimum absolute atomic E-state index is 0.288. The van der Waals surface area contributed by atoms with Crippen LogP contribution in [0.5, 0.6) is 5.75 Å². The van der Waals surface area contributed by atoms with Crippen molar-refractivity contribution in [3.05, 3.63) is 41.5 Å². The Labute approximate surface area is 123 Å². The maximum absolute atomic E-state index is 5.80. The summed E-state index contributed by atoms with van der Waals surface area (Å²) in [4.78, 5) is 0. The summed E-state index contributed by atoms with van der Waals surface area (Å²) in [5.41, 5.74) is 2.79. The summed E-state index contributed by atoms with van der Waals surface area (Å²) < 4.78 is 5.80. The van der Waals surface area contributed by atoms with Crippen molar-refractivity contribution in [2.75, 3.05) is 13.7 Å². The van der Waals surface area contributed by atoms with E-state index in [0.29, 0.717) is 6.61 Å². The van der Waals surface area contributed by atoms with Gasteiger partial charge in [-0.05, 0) is 45.7 Å². The lowest BCUT2D eigenvalue weighted by molar-refractivity contribution is 0.333. The van der Waals surface area contributed by atoms with Crippen LogP contribution in [0.2, 0.25) is 0 Å². The van der Waals surface area contributed by atoms with Gasteiger partial charge in [0.2, 0.25) is 0 Å². The zero-order chi connectivity index (χ0) is 14.2. The van der Waals surface area contributed by atoms with Gasteiger partial charge in [-0.3, -0.25) is 0 Å². The van der Waals surface area contributed by atoms with Gasteiger partial charge in [-0.15, -0.1) is 0 Å². The second-order valence-electron chi connectivity index (χ2n) is 5.42. The zero-order valence-electron chi connectivity index (χ0n) is 12.8. The Balaban J connectivity index is 2.26. The van der Waals surface area contributed by atoms with Crippen LogP contribution < -0.4 is 10.1 Å². The van der Waals surface area contributed by atoms with Crippen LogP contribution in [0.25, 0.3) is 0 Å². The molecule has 0 saturated carbocycles. The first-order valence-corrected chi connectivity index (χ1v) is 7.94. The average Bonchev–Trinajstić information content (AvgIpc) is 2.43. The van der Waals surface area contributed by atoms with Crippen molar-refractivity contribution in [2.45, 2.75) is 51.5 Å². The van der Waals surface area contributed by atoms with Crippen LogP contribution >= 0.6 is 0 Å². The Kier molecular flexibility index (Phi) is 6.13. The van der Waals surface area contributed by atoms with Gasteiger partial charge in [0, 0.05) is 5.56 Å². The van der Waals surface area contributed by atoms with Crippen molar-refractivity contribution in [3.8, 4) is 5.75 Å². The first kappa shape index (κ1) is 15.1. The molecule has 1 N–H and O–H groups in total. The third-order valence-electron chi connectivity index (χ3n) is 4.02. The fourth-order valence-electron chi connectivity index (χ4n) is 3.03. The predicted molar refractivity (Wildman–Crippen MR) is 85.2 cm³/mol. The molecule has 0 amide bonds. The molecule has 20 heavy (non-hydrogen) atoms. The molecule has 2 heteroatoms. The number of allylic oxidation sites excluding steroid dienone is 1. The lowest BCUT2D eigenvalue weighted by Crippen LogP contribution is -2.20. The molecule has 0 radical (unpaired) electrons. The van der Waals surface area contributed by atoms with Crippen molar-refractivity contribution in [1.82, 2.24) is 5.32 Å². The summed E-state index contributed by atoms with van der Waals surface area (Å²) in [5.74, 6) is 1.01. The Morgan fingerprint density at radius 2 is 1.95 bits per heavy atom. The Bertz CT molecular complexity index is 439. The molecule has 1 aromatic carbocycles. The van der Waals surface area contributed by atoms with Gasteiger partial charge in [-0.2, -0.15) is 0 Å². The molecule has 2 nitrogen and oxygen atoms in total. The Morgan fingerprint density at radius 1 is 1.15 bits per heavy atom. The van der Waals surface area contributed by atoms with E-state index in [1.165, 1.54) is 49.7 Å².